The largest absolute Gasteiger partial charge is 0.369 e. The highest BCUT2D eigenvalue weighted by Crippen LogP contribution is 2.20. The number of carbonyl (C=O) groups is 1. The van der Waals surface area contributed by atoms with Crippen LogP contribution in [0.5, 0.6) is 0 Å². The fraction of sp³-hybridized carbons (Fsp3) is 0.273. The summed E-state index contributed by atoms with van der Waals surface area (Å²) in [6, 6.07) is 1.72. The van der Waals surface area contributed by atoms with Gasteiger partial charge in [-0.15, -0.1) is 10.2 Å². The Hall–Kier alpha value is -1.54. The Labute approximate surface area is 122 Å². The van der Waals surface area contributed by atoms with Crippen LogP contribution in [0.3, 0.4) is 0 Å². The van der Waals surface area contributed by atoms with Gasteiger partial charge in [-0.1, -0.05) is 18.3 Å². The molecule has 0 aromatic carbocycles. The molecule has 1 amide bonds. The maximum Gasteiger partial charge on any atom is 0.261 e. The first kappa shape index (κ1) is 13.9. The zero-order chi connectivity index (χ0) is 13.7. The normalized spacial score (nSPS) is 10.2. The lowest BCUT2D eigenvalue weighted by Gasteiger charge is -2.10. The molecule has 0 aliphatic heterocycles. The predicted molar refractivity (Wildman–Crippen MR) is 78.6 cm³/mol. The van der Waals surface area contributed by atoms with Crippen molar-refractivity contribution in [1.29, 1.82) is 0 Å². The van der Waals surface area contributed by atoms with Crippen LogP contribution in [0.4, 0.5) is 10.9 Å². The highest BCUT2D eigenvalue weighted by atomic mass is 79.9. The van der Waals surface area contributed by atoms with Crippen molar-refractivity contribution in [2.75, 3.05) is 17.2 Å². The molecular formula is C11H12BrN5OS. The second-order valence-corrected chi connectivity index (χ2v) is 5.42. The molecule has 0 atom stereocenters. The predicted octanol–water partition coefficient (Wildman–Crippen LogP) is 2.77. The van der Waals surface area contributed by atoms with Crippen molar-refractivity contribution >= 4 is 44.1 Å². The van der Waals surface area contributed by atoms with Crippen molar-refractivity contribution in [3.05, 3.63) is 27.8 Å². The molecular weight excluding hydrogens is 330 g/mol. The van der Waals surface area contributed by atoms with E-state index in [4.69, 9.17) is 0 Å². The van der Waals surface area contributed by atoms with E-state index in [-0.39, 0.29) is 5.91 Å². The number of rotatable bonds is 5. The molecule has 2 aromatic rings. The standard InChI is InChI=1S/C11H12BrN5OS/c1-2-3-13-9-8(4-7(12)5-14-9)10(18)16-11-17-15-6-19-11/h4-6H,2-3H2,1H3,(H,13,14)(H,16,17,18). The van der Waals surface area contributed by atoms with Crippen LogP contribution in [0.15, 0.2) is 22.2 Å². The van der Waals surface area contributed by atoms with Crippen molar-refractivity contribution in [3.8, 4) is 0 Å². The van der Waals surface area contributed by atoms with Gasteiger partial charge in [0.15, 0.2) is 0 Å². The maximum absolute atomic E-state index is 12.2. The molecule has 6 nitrogen and oxygen atoms in total. The molecule has 0 aliphatic rings. The molecule has 2 N–H and O–H groups in total. The molecule has 8 heteroatoms. The lowest BCUT2D eigenvalue weighted by Crippen LogP contribution is -2.16. The number of nitrogens with one attached hydrogen (secondary N) is 2. The molecule has 0 spiro atoms. The Bertz CT molecular complexity index is 560. The zero-order valence-electron chi connectivity index (χ0n) is 10.2. The molecule has 19 heavy (non-hydrogen) atoms. The first-order valence-electron chi connectivity index (χ1n) is 5.67. The van der Waals surface area contributed by atoms with Crippen LogP contribution in [0.2, 0.25) is 0 Å². The van der Waals surface area contributed by atoms with Crippen LogP contribution < -0.4 is 10.6 Å². The van der Waals surface area contributed by atoms with Gasteiger partial charge in [-0.3, -0.25) is 10.1 Å². The minimum atomic E-state index is -0.260. The number of hydrogen-bond acceptors (Lipinski definition) is 6. The fourth-order valence-electron chi connectivity index (χ4n) is 1.39. The highest BCUT2D eigenvalue weighted by molar-refractivity contribution is 9.10. The van der Waals surface area contributed by atoms with Crippen molar-refractivity contribution in [2.45, 2.75) is 13.3 Å². The van der Waals surface area contributed by atoms with Gasteiger partial charge in [0.25, 0.3) is 5.91 Å². The van der Waals surface area contributed by atoms with E-state index in [9.17, 15) is 4.79 Å². The number of nitrogens with zero attached hydrogens (tertiary/aromatic N) is 3. The van der Waals surface area contributed by atoms with Gasteiger partial charge in [0, 0.05) is 17.2 Å². The molecule has 2 heterocycles. The summed E-state index contributed by atoms with van der Waals surface area (Å²) in [5.41, 5.74) is 2.03. The van der Waals surface area contributed by atoms with Gasteiger partial charge in [0.1, 0.15) is 11.3 Å². The number of halogens is 1. The van der Waals surface area contributed by atoms with Crippen molar-refractivity contribution in [1.82, 2.24) is 15.2 Å². The minimum Gasteiger partial charge on any atom is -0.369 e. The molecule has 2 aromatic heterocycles. The van der Waals surface area contributed by atoms with Crippen LogP contribution in [0, 0.1) is 0 Å². The van der Waals surface area contributed by atoms with E-state index in [1.54, 1.807) is 17.8 Å². The van der Waals surface area contributed by atoms with Gasteiger partial charge in [-0.2, -0.15) is 0 Å². The summed E-state index contributed by atoms with van der Waals surface area (Å²) < 4.78 is 0.747. The first-order chi connectivity index (χ1) is 9.20. The Morgan fingerprint density at radius 3 is 3.05 bits per heavy atom. The molecule has 100 valence electrons. The quantitative estimate of drug-likeness (QED) is 0.873. The summed E-state index contributed by atoms with van der Waals surface area (Å²) in [7, 11) is 0. The Kier molecular flexibility index (Phi) is 4.80. The van der Waals surface area contributed by atoms with Crippen molar-refractivity contribution < 1.29 is 4.79 Å². The van der Waals surface area contributed by atoms with Crippen LogP contribution in [-0.2, 0) is 0 Å². The van der Waals surface area contributed by atoms with Crippen molar-refractivity contribution in [3.63, 3.8) is 0 Å². The van der Waals surface area contributed by atoms with E-state index < -0.39 is 0 Å². The zero-order valence-corrected chi connectivity index (χ0v) is 12.6. The number of aromatic nitrogens is 3. The van der Waals surface area contributed by atoms with Gasteiger partial charge < -0.3 is 5.32 Å². The van der Waals surface area contributed by atoms with Crippen molar-refractivity contribution in [2.24, 2.45) is 0 Å². The Balaban J connectivity index is 2.21. The second kappa shape index (κ2) is 6.58. The molecule has 0 bridgehead atoms. The molecule has 0 fully saturated rings. The summed E-state index contributed by atoms with van der Waals surface area (Å²) in [6.45, 7) is 2.81. The lowest BCUT2D eigenvalue weighted by molar-refractivity contribution is 0.102. The Morgan fingerprint density at radius 2 is 2.37 bits per heavy atom. The molecule has 2 rings (SSSR count). The van der Waals surface area contributed by atoms with E-state index in [2.05, 4.69) is 41.7 Å². The average molecular weight is 342 g/mol. The topological polar surface area (TPSA) is 79.8 Å². The van der Waals surface area contributed by atoms with E-state index in [0.717, 1.165) is 17.4 Å². The smallest absolute Gasteiger partial charge is 0.261 e. The third-order valence-electron chi connectivity index (χ3n) is 2.22. The van der Waals surface area contributed by atoms with Gasteiger partial charge in [-0.05, 0) is 28.4 Å². The van der Waals surface area contributed by atoms with Crippen LogP contribution in [0.25, 0.3) is 0 Å². The van der Waals surface area contributed by atoms with E-state index in [1.165, 1.54) is 11.3 Å². The molecule has 0 unspecified atom stereocenters. The number of carbonyl (C=O) groups excluding carboxylic acids is 1. The SMILES string of the molecule is CCCNc1ncc(Br)cc1C(=O)Nc1nncs1. The molecule has 0 saturated carbocycles. The number of anilines is 2. The van der Waals surface area contributed by atoms with Gasteiger partial charge in [-0.25, -0.2) is 4.98 Å². The number of hydrogen-bond donors (Lipinski definition) is 2. The molecule has 0 saturated heterocycles. The maximum atomic E-state index is 12.2. The third-order valence-corrected chi connectivity index (χ3v) is 3.26. The van der Waals surface area contributed by atoms with E-state index >= 15 is 0 Å². The number of pyridine rings is 1. The van der Waals surface area contributed by atoms with Gasteiger partial charge in [0.05, 0.1) is 5.56 Å². The fourth-order valence-corrected chi connectivity index (χ4v) is 2.16. The van der Waals surface area contributed by atoms with Crippen LogP contribution in [0.1, 0.15) is 23.7 Å². The lowest BCUT2D eigenvalue weighted by atomic mass is 10.2. The Morgan fingerprint density at radius 1 is 1.53 bits per heavy atom. The summed E-state index contributed by atoms with van der Waals surface area (Å²) in [4.78, 5) is 16.4. The second-order valence-electron chi connectivity index (χ2n) is 3.67. The van der Waals surface area contributed by atoms with Crippen LogP contribution >= 0.6 is 27.3 Å². The first-order valence-corrected chi connectivity index (χ1v) is 7.35. The van der Waals surface area contributed by atoms with E-state index in [0.29, 0.717) is 16.5 Å². The van der Waals surface area contributed by atoms with Crippen LogP contribution in [-0.4, -0.2) is 27.6 Å². The highest BCUT2D eigenvalue weighted by Gasteiger charge is 2.14. The molecule has 0 radical (unpaired) electrons. The van der Waals surface area contributed by atoms with E-state index in [1.807, 2.05) is 6.92 Å². The average Bonchev–Trinajstić information content (AvgIpc) is 2.90. The summed E-state index contributed by atoms with van der Waals surface area (Å²) in [5, 5.41) is 13.7. The number of amides is 1. The van der Waals surface area contributed by atoms with Gasteiger partial charge >= 0.3 is 0 Å². The summed E-state index contributed by atoms with van der Waals surface area (Å²) in [6.07, 6.45) is 2.61. The monoisotopic (exact) mass is 341 g/mol. The minimum absolute atomic E-state index is 0.260. The molecule has 0 aliphatic carbocycles. The summed E-state index contributed by atoms with van der Waals surface area (Å²) >= 11 is 4.58. The third kappa shape index (κ3) is 3.71. The summed E-state index contributed by atoms with van der Waals surface area (Å²) in [5.74, 6) is 0.302. The van der Waals surface area contributed by atoms with Gasteiger partial charge in [0.2, 0.25) is 5.13 Å².